The zero-order chi connectivity index (χ0) is 20.1. The van der Waals surface area contributed by atoms with Crippen LogP contribution in [0.1, 0.15) is 49.4 Å². The van der Waals surface area contributed by atoms with E-state index in [2.05, 4.69) is 5.10 Å². The Morgan fingerprint density at radius 3 is 2.36 bits per heavy atom. The Labute approximate surface area is 164 Å². The molecule has 1 saturated heterocycles. The summed E-state index contributed by atoms with van der Waals surface area (Å²) in [5.74, 6) is -0.608. The van der Waals surface area contributed by atoms with Crippen molar-refractivity contribution in [1.29, 1.82) is 0 Å². The monoisotopic (exact) mass is 377 g/mol. The first-order valence-corrected chi connectivity index (χ1v) is 9.44. The van der Waals surface area contributed by atoms with Crippen LogP contribution in [0, 0.1) is 15.5 Å². The molecule has 2 heterocycles. The van der Waals surface area contributed by atoms with Crippen molar-refractivity contribution in [2.24, 2.45) is 10.5 Å². The van der Waals surface area contributed by atoms with E-state index in [0.29, 0.717) is 0 Å². The number of hydrogen-bond donors (Lipinski definition) is 0. The van der Waals surface area contributed by atoms with E-state index in [4.69, 9.17) is 0 Å². The van der Waals surface area contributed by atoms with Crippen molar-refractivity contribution in [2.45, 2.75) is 44.8 Å². The van der Waals surface area contributed by atoms with Crippen LogP contribution in [-0.2, 0) is 4.79 Å². The number of carbonyl (C=O) groups is 1. The number of nitrogens with zero attached hydrogens (tertiary/aromatic N) is 3. The number of rotatable bonds is 3. The van der Waals surface area contributed by atoms with Crippen LogP contribution >= 0.6 is 0 Å². The van der Waals surface area contributed by atoms with Crippen LogP contribution in [0.5, 0.6) is 0 Å². The van der Waals surface area contributed by atoms with Gasteiger partial charge in [0.25, 0.3) is 0 Å². The number of fused-ring (bicyclic) bond motifs is 3. The van der Waals surface area contributed by atoms with Gasteiger partial charge in [-0.15, -0.1) is 0 Å². The molecule has 6 heteroatoms. The fourth-order valence-electron chi connectivity index (χ4n) is 4.40. The highest BCUT2D eigenvalue weighted by molar-refractivity contribution is 5.91. The average Bonchev–Trinajstić information content (AvgIpc) is 3.03. The van der Waals surface area contributed by atoms with Gasteiger partial charge in [0.2, 0.25) is 6.04 Å². The molecule has 2 aromatic carbocycles. The maximum atomic E-state index is 13.4. The summed E-state index contributed by atoms with van der Waals surface area (Å²) in [6.07, 6.45) is 1.71. The van der Waals surface area contributed by atoms with Crippen molar-refractivity contribution in [3.05, 3.63) is 81.4 Å². The van der Waals surface area contributed by atoms with Crippen molar-refractivity contribution in [3.63, 3.8) is 0 Å². The Hall–Kier alpha value is -3.02. The number of benzene rings is 2. The quantitative estimate of drug-likeness (QED) is 0.602. The minimum Gasteiger partial charge on any atom is -0.297 e. The van der Waals surface area contributed by atoms with Crippen molar-refractivity contribution in [2.75, 3.05) is 0 Å². The highest BCUT2D eigenvalue weighted by atomic mass is 16.6. The van der Waals surface area contributed by atoms with Gasteiger partial charge in [-0.25, -0.2) is 0 Å². The zero-order valence-electron chi connectivity index (χ0n) is 16.1. The van der Waals surface area contributed by atoms with Crippen molar-refractivity contribution >= 4 is 12.0 Å². The summed E-state index contributed by atoms with van der Waals surface area (Å²) < 4.78 is 0. The molecule has 0 amide bonds. The Morgan fingerprint density at radius 1 is 1.07 bits per heavy atom. The second-order valence-corrected chi connectivity index (χ2v) is 8.47. The van der Waals surface area contributed by atoms with Gasteiger partial charge in [0, 0.05) is 15.9 Å². The van der Waals surface area contributed by atoms with E-state index in [-0.39, 0.29) is 10.7 Å². The fraction of sp³-hybridized carbons (Fsp3) is 0.364. The largest absolute Gasteiger partial charge is 0.297 e. The van der Waals surface area contributed by atoms with E-state index in [1.165, 1.54) is 0 Å². The molecule has 0 bridgehead atoms. The summed E-state index contributed by atoms with van der Waals surface area (Å²) in [6.45, 7) is 5.56. The molecule has 0 radical (unpaired) electrons. The van der Waals surface area contributed by atoms with E-state index < -0.39 is 29.5 Å². The highest BCUT2D eigenvalue weighted by Gasteiger charge is 2.61. The topological polar surface area (TPSA) is 75.8 Å². The maximum Gasteiger partial charge on any atom is 0.248 e. The molecule has 6 nitrogen and oxygen atoms in total. The third-order valence-electron chi connectivity index (χ3n) is 5.68. The number of hydrogen-bond acceptors (Lipinski definition) is 5. The molecular formula is C22H23N3O3. The van der Waals surface area contributed by atoms with Gasteiger partial charge in [-0.1, -0.05) is 75.4 Å². The molecule has 4 atom stereocenters. The Balaban J connectivity index is 1.94. The van der Waals surface area contributed by atoms with Crippen molar-refractivity contribution in [3.8, 4) is 0 Å². The summed E-state index contributed by atoms with van der Waals surface area (Å²) in [7, 11) is 0. The van der Waals surface area contributed by atoms with Crippen LogP contribution in [0.3, 0.4) is 0 Å². The molecule has 2 aliphatic rings. The molecule has 144 valence electrons. The molecule has 0 aliphatic carbocycles. The first kappa shape index (κ1) is 18.3. The van der Waals surface area contributed by atoms with E-state index >= 15 is 0 Å². The van der Waals surface area contributed by atoms with Crippen LogP contribution in [0.25, 0.3) is 0 Å². The smallest absolute Gasteiger partial charge is 0.248 e. The molecule has 0 spiro atoms. The zero-order valence-corrected chi connectivity index (χ0v) is 16.1. The van der Waals surface area contributed by atoms with Gasteiger partial charge in [0.05, 0.1) is 12.1 Å². The van der Waals surface area contributed by atoms with Crippen LogP contribution in [0.15, 0.2) is 59.7 Å². The maximum absolute atomic E-state index is 13.4. The number of carbonyl (C=O) groups excluding carboxylic acids is 1. The Kier molecular flexibility index (Phi) is 4.29. The molecule has 1 fully saturated rings. The first-order valence-electron chi connectivity index (χ1n) is 9.44. The van der Waals surface area contributed by atoms with Crippen LogP contribution in [0.2, 0.25) is 0 Å². The molecule has 0 N–H and O–H groups in total. The van der Waals surface area contributed by atoms with Gasteiger partial charge in [0.15, 0.2) is 5.78 Å². The van der Waals surface area contributed by atoms with Gasteiger partial charge < -0.3 is 0 Å². The van der Waals surface area contributed by atoms with Gasteiger partial charge in [-0.05, 0) is 11.1 Å². The van der Waals surface area contributed by atoms with E-state index in [1.54, 1.807) is 11.2 Å². The van der Waals surface area contributed by atoms with Crippen molar-refractivity contribution < 1.29 is 9.72 Å². The minimum absolute atomic E-state index is 0.0350. The Bertz CT molecular complexity index is 949. The lowest BCUT2D eigenvalue weighted by Gasteiger charge is -2.33. The third-order valence-corrected chi connectivity index (χ3v) is 5.68. The van der Waals surface area contributed by atoms with Crippen LogP contribution < -0.4 is 0 Å². The third kappa shape index (κ3) is 2.80. The minimum atomic E-state index is -0.961. The van der Waals surface area contributed by atoms with Crippen molar-refractivity contribution in [1.82, 2.24) is 5.01 Å². The SMILES string of the molecule is CC(C)(C)C(=O)[C@H]1[C@H](c2ccccc2)[C@H]([N+](=O)[O-])[C@H]2c3ccccc3C=NN21. The lowest BCUT2D eigenvalue weighted by Crippen LogP contribution is -2.43. The van der Waals surface area contributed by atoms with Gasteiger partial charge in [-0.2, -0.15) is 5.10 Å². The van der Waals surface area contributed by atoms with E-state index in [9.17, 15) is 14.9 Å². The normalized spacial score (nSPS) is 25.9. The second kappa shape index (κ2) is 6.55. The first-order chi connectivity index (χ1) is 13.3. The summed E-state index contributed by atoms with van der Waals surface area (Å²) in [4.78, 5) is 25.5. The lowest BCUT2D eigenvalue weighted by atomic mass is 9.78. The predicted molar refractivity (Wildman–Crippen MR) is 107 cm³/mol. The number of nitro groups is 1. The average molecular weight is 377 g/mol. The molecule has 2 aromatic rings. The number of ketones is 1. The molecule has 28 heavy (non-hydrogen) atoms. The van der Waals surface area contributed by atoms with E-state index in [0.717, 1.165) is 16.7 Å². The summed E-state index contributed by atoms with van der Waals surface area (Å²) >= 11 is 0. The molecular weight excluding hydrogens is 354 g/mol. The Morgan fingerprint density at radius 2 is 1.71 bits per heavy atom. The fourth-order valence-corrected chi connectivity index (χ4v) is 4.40. The molecule has 4 rings (SSSR count). The van der Waals surface area contributed by atoms with Crippen LogP contribution in [0.4, 0.5) is 0 Å². The standard InChI is InChI=1S/C22H23N3O3/c1-22(2,3)21(26)20-17(14-9-5-4-6-10-14)19(25(27)28)18-16-12-8-7-11-15(16)13-23-24(18)20/h4-13,17-20H,1-3H3/t17-,18-,19+,20-/m1/s1. The van der Waals surface area contributed by atoms with Gasteiger partial charge in [0.1, 0.15) is 12.1 Å². The number of hydrazone groups is 1. The summed E-state index contributed by atoms with van der Waals surface area (Å²) in [5.41, 5.74) is 1.88. The lowest BCUT2D eigenvalue weighted by molar-refractivity contribution is -0.529. The van der Waals surface area contributed by atoms with Crippen LogP contribution in [-0.4, -0.2) is 34.0 Å². The summed E-state index contributed by atoms with van der Waals surface area (Å²) in [6, 6.07) is 14.7. The van der Waals surface area contributed by atoms with Gasteiger partial charge >= 0.3 is 0 Å². The number of Topliss-reactive ketones (excluding diaryl/α,β-unsaturated/α-hetero) is 1. The molecule has 2 aliphatic heterocycles. The van der Waals surface area contributed by atoms with Gasteiger partial charge in [-0.3, -0.25) is 19.9 Å². The molecule has 0 aromatic heterocycles. The van der Waals surface area contributed by atoms with E-state index in [1.807, 2.05) is 75.4 Å². The summed E-state index contributed by atoms with van der Waals surface area (Å²) in [5, 5.41) is 18.5. The molecule has 0 saturated carbocycles. The molecule has 0 unspecified atom stereocenters. The predicted octanol–water partition coefficient (Wildman–Crippen LogP) is 3.80. The second-order valence-electron chi connectivity index (χ2n) is 8.47. The highest BCUT2D eigenvalue weighted by Crippen LogP contribution is 2.50.